The van der Waals surface area contributed by atoms with E-state index in [0.29, 0.717) is 37.4 Å². The van der Waals surface area contributed by atoms with Crippen LogP contribution in [0.1, 0.15) is 25.3 Å². The maximum atomic E-state index is 13.3. The molecule has 9 nitrogen and oxygen atoms in total. The van der Waals surface area contributed by atoms with Gasteiger partial charge in [-0.3, -0.25) is 9.59 Å². The summed E-state index contributed by atoms with van der Waals surface area (Å²) in [5.41, 5.74) is 0.799. The van der Waals surface area contributed by atoms with E-state index >= 15 is 0 Å². The first-order valence-corrected chi connectivity index (χ1v) is 13.9. The van der Waals surface area contributed by atoms with Gasteiger partial charge in [0.2, 0.25) is 21.8 Å². The van der Waals surface area contributed by atoms with Crippen molar-refractivity contribution in [3.63, 3.8) is 0 Å². The highest BCUT2D eigenvalue weighted by Crippen LogP contribution is 2.28. The summed E-state index contributed by atoms with van der Waals surface area (Å²) in [7, 11) is -0.570. The Hall–Kier alpha value is -3.63. The zero-order chi connectivity index (χ0) is 27.3. The molecule has 3 aromatic carbocycles. The fourth-order valence-electron chi connectivity index (χ4n) is 4.72. The number of carbonyl (C=O) groups excluding carboxylic acids is 2. The second kappa shape index (κ2) is 11.8. The average Bonchev–Trinajstić information content (AvgIpc) is 2.92. The molecule has 1 atom stereocenters. The van der Waals surface area contributed by atoms with Crippen molar-refractivity contribution in [3.8, 4) is 11.5 Å². The Morgan fingerprint density at radius 3 is 2.29 bits per heavy atom. The van der Waals surface area contributed by atoms with E-state index < -0.39 is 16.1 Å². The van der Waals surface area contributed by atoms with Crippen molar-refractivity contribution < 1.29 is 27.5 Å². The van der Waals surface area contributed by atoms with Gasteiger partial charge in [0.15, 0.2) is 11.5 Å². The second-order valence-corrected chi connectivity index (χ2v) is 11.3. The number of benzene rings is 3. The highest BCUT2D eigenvalue weighted by molar-refractivity contribution is 7.89. The van der Waals surface area contributed by atoms with Crippen LogP contribution >= 0.6 is 0 Å². The van der Waals surface area contributed by atoms with Gasteiger partial charge in [0.25, 0.3) is 0 Å². The van der Waals surface area contributed by atoms with Gasteiger partial charge in [-0.2, -0.15) is 4.31 Å². The van der Waals surface area contributed by atoms with Gasteiger partial charge >= 0.3 is 0 Å². The van der Waals surface area contributed by atoms with Crippen LogP contribution < -0.4 is 20.1 Å². The zero-order valence-electron chi connectivity index (χ0n) is 21.8. The minimum Gasteiger partial charge on any atom is -0.493 e. The molecule has 0 spiro atoms. The first kappa shape index (κ1) is 27.4. The van der Waals surface area contributed by atoms with Crippen molar-refractivity contribution in [2.45, 2.75) is 43.2 Å². The van der Waals surface area contributed by atoms with E-state index in [4.69, 9.17) is 9.47 Å². The second-order valence-electron chi connectivity index (χ2n) is 9.34. The molecule has 3 aromatic rings. The molecule has 4 rings (SSSR count). The van der Waals surface area contributed by atoms with Crippen LogP contribution in [0.4, 0.5) is 0 Å². The van der Waals surface area contributed by atoms with Gasteiger partial charge in [0.1, 0.15) is 6.04 Å². The monoisotopic (exact) mass is 539 g/mol. The number of carbonyl (C=O) groups is 2. The summed E-state index contributed by atoms with van der Waals surface area (Å²) < 4.78 is 38.6. The SMILES string of the molecule is COc1ccc(C[C@@H](NC(C)=O)C(=O)NC2CCN(S(=O)(=O)c3ccc4ccccc4c3)CC2)cc1OC. The lowest BCUT2D eigenvalue weighted by Crippen LogP contribution is -2.53. The van der Waals surface area contributed by atoms with Crippen LogP contribution in [0.25, 0.3) is 10.8 Å². The van der Waals surface area contributed by atoms with Crippen LogP contribution in [-0.4, -0.2) is 63.9 Å². The minimum absolute atomic E-state index is 0.202. The number of nitrogens with zero attached hydrogens (tertiary/aromatic N) is 1. The Labute approximate surface area is 223 Å². The number of methoxy groups -OCH3 is 2. The van der Waals surface area contributed by atoms with Crippen LogP contribution in [0.3, 0.4) is 0 Å². The third-order valence-corrected chi connectivity index (χ3v) is 8.64. The van der Waals surface area contributed by atoms with E-state index in [2.05, 4.69) is 10.6 Å². The maximum Gasteiger partial charge on any atom is 0.243 e. The molecule has 0 radical (unpaired) electrons. The van der Waals surface area contributed by atoms with E-state index in [1.54, 1.807) is 31.4 Å². The van der Waals surface area contributed by atoms with Crippen molar-refractivity contribution in [2.75, 3.05) is 27.3 Å². The van der Waals surface area contributed by atoms with Crippen molar-refractivity contribution in [2.24, 2.45) is 0 Å². The Kier molecular flexibility index (Phi) is 8.53. The van der Waals surface area contributed by atoms with E-state index in [-0.39, 0.29) is 29.2 Å². The topological polar surface area (TPSA) is 114 Å². The van der Waals surface area contributed by atoms with Gasteiger partial charge in [0, 0.05) is 32.5 Å². The molecule has 0 bridgehead atoms. The number of ether oxygens (including phenoxy) is 2. The molecule has 0 aromatic heterocycles. The van der Waals surface area contributed by atoms with E-state index in [9.17, 15) is 18.0 Å². The first-order chi connectivity index (χ1) is 18.2. The molecule has 0 unspecified atom stereocenters. The van der Waals surface area contributed by atoms with Crippen molar-refractivity contribution in [3.05, 3.63) is 66.2 Å². The van der Waals surface area contributed by atoms with Crippen LogP contribution in [-0.2, 0) is 26.0 Å². The largest absolute Gasteiger partial charge is 0.493 e. The Morgan fingerprint density at radius 1 is 0.947 bits per heavy atom. The third-order valence-electron chi connectivity index (χ3n) is 6.74. The van der Waals surface area contributed by atoms with Crippen molar-refractivity contribution >= 4 is 32.6 Å². The summed E-state index contributed by atoms with van der Waals surface area (Å²) >= 11 is 0. The summed E-state index contributed by atoms with van der Waals surface area (Å²) in [5, 5.41) is 7.57. The number of sulfonamides is 1. The predicted molar refractivity (Wildman–Crippen MR) is 145 cm³/mol. The van der Waals surface area contributed by atoms with Gasteiger partial charge in [-0.15, -0.1) is 0 Å². The molecule has 2 amide bonds. The maximum absolute atomic E-state index is 13.3. The Morgan fingerprint density at radius 2 is 1.63 bits per heavy atom. The summed E-state index contributed by atoms with van der Waals surface area (Å²) in [5.74, 6) is 0.474. The molecular formula is C28H33N3O6S. The average molecular weight is 540 g/mol. The minimum atomic E-state index is -3.65. The van der Waals surface area contributed by atoms with Gasteiger partial charge < -0.3 is 20.1 Å². The number of hydrogen-bond donors (Lipinski definition) is 2. The standard InChI is InChI=1S/C28H33N3O6S/c1-19(32)29-25(16-20-8-11-26(36-2)27(17-20)37-3)28(33)30-23-12-14-31(15-13-23)38(34,35)24-10-9-21-6-4-5-7-22(21)18-24/h4-11,17-18,23,25H,12-16H2,1-3H3,(H,29,32)(H,30,33)/t25-/m1/s1. The lowest BCUT2D eigenvalue weighted by molar-refractivity contribution is -0.128. The predicted octanol–water partition coefficient (Wildman–Crippen LogP) is 2.87. The molecule has 0 saturated carbocycles. The summed E-state index contributed by atoms with van der Waals surface area (Å²) in [6, 6.07) is 17.1. The molecule has 38 heavy (non-hydrogen) atoms. The van der Waals surface area contributed by atoms with Crippen molar-refractivity contribution in [1.29, 1.82) is 0 Å². The molecule has 2 N–H and O–H groups in total. The van der Waals surface area contributed by atoms with Crippen LogP contribution in [0.2, 0.25) is 0 Å². The normalized spacial score (nSPS) is 15.6. The zero-order valence-corrected chi connectivity index (χ0v) is 22.6. The van der Waals surface area contributed by atoms with Gasteiger partial charge in [-0.1, -0.05) is 36.4 Å². The Bertz CT molecular complexity index is 1420. The van der Waals surface area contributed by atoms with E-state index in [1.807, 2.05) is 36.4 Å². The van der Waals surface area contributed by atoms with Gasteiger partial charge in [-0.25, -0.2) is 8.42 Å². The molecule has 1 heterocycles. The number of hydrogen-bond acceptors (Lipinski definition) is 6. The molecule has 202 valence electrons. The summed E-state index contributed by atoms with van der Waals surface area (Å²) in [6.45, 7) is 1.95. The molecule has 1 fully saturated rings. The fourth-order valence-corrected chi connectivity index (χ4v) is 6.22. The van der Waals surface area contributed by atoms with Crippen molar-refractivity contribution in [1.82, 2.24) is 14.9 Å². The van der Waals surface area contributed by atoms with E-state index in [1.165, 1.54) is 18.3 Å². The fraction of sp³-hybridized carbons (Fsp3) is 0.357. The number of piperidine rings is 1. The van der Waals surface area contributed by atoms with Crippen LogP contribution in [0.15, 0.2) is 65.6 Å². The summed E-state index contributed by atoms with van der Waals surface area (Å²) in [4.78, 5) is 25.2. The molecule has 10 heteroatoms. The number of amides is 2. The number of rotatable bonds is 9. The van der Waals surface area contributed by atoms with Gasteiger partial charge in [0.05, 0.1) is 19.1 Å². The molecule has 1 saturated heterocycles. The number of fused-ring (bicyclic) bond motifs is 1. The smallest absolute Gasteiger partial charge is 0.243 e. The third kappa shape index (κ3) is 6.25. The highest BCUT2D eigenvalue weighted by Gasteiger charge is 2.31. The first-order valence-electron chi connectivity index (χ1n) is 12.5. The quantitative estimate of drug-likeness (QED) is 0.432. The number of nitrogens with one attached hydrogen (secondary N) is 2. The highest BCUT2D eigenvalue weighted by atomic mass is 32.2. The molecule has 0 aliphatic carbocycles. The Balaban J connectivity index is 1.39. The molecular weight excluding hydrogens is 506 g/mol. The van der Waals surface area contributed by atoms with Crippen LogP contribution in [0, 0.1) is 0 Å². The summed E-state index contributed by atoms with van der Waals surface area (Å²) in [6.07, 6.45) is 1.21. The molecule has 1 aliphatic heterocycles. The van der Waals surface area contributed by atoms with Crippen LogP contribution in [0.5, 0.6) is 11.5 Å². The lowest BCUT2D eigenvalue weighted by Gasteiger charge is -2.32. The molecule has 1 aliphatic rings. The van der Waals surface area contributed by atoms with E-state index in [0.717, 1.165) is 16.3 Å². The lowest BCUT2D eigenvalue weighted by atomic mass is 10.0. The van der Waals surface area contributed by atoms with Gasteiger partial charge in [-0.05, 0) is 53.4 Å².